The maximum absolute atomic E-state index is 12.6. The fourth-order valence-corrected chi connectivity index (χ4v) is 4.50. The summed E-state index contributed by atoms with van der Waals surface area (Å²) < 4.78 is 37.2. The molecule has 3 rings (SSSR count). The molecule has 3 saturated heterocycles. The fourth-order valence-electron chi connectivity index (χ4n) is 4.50. The van der Waals surface area contributed by atoms with E-state index in [4.69, 9.17) is 0 Å². The number of alkyl halides is 3. The molecule has 5 nitrogen and oxygen atoms in total. The number of hydrogen-bond donors (Lipinski definition) is 0. The zero-order valence-corrected chi connectivity index (χ0v) is 15.1. The zero-order valence-electron chi connectivity index (χ0n) is 15.1. The van der Waals surface area contributed by atoms with E-state index in [0.717, 1.165) is 51.9 Å². The van der Waals surface area contributed by atoms with Gasteiger partial charge in [0.15, 0.2) is 0 Å². The van der Waals surface area contributed by atoms with Crippen LogP contribution >= 0.6 is 0 Å². The minimum absolute atomic E-state index is 0.0479. The standard InChI is InChI=1S/C18H28F3N3O2/c19-18(20,21)12-16(25)22-10-5-15(6-11-22)24-9-3-4-14(13-24)17(26)23-7-1-2-8-23/h14-15H,1-13H2/t14-/m1/s1. The van der Waals surface area contributed by atoms with E-state index in [1.807, 2.05) is 4.90 Å². The van der Waals surface area contributed by atoms with Gasteiger partial charge in [0.1, 0.15) is 6.42 Å². The minimum atomic E-state index is -4.44. The maximum atomic E-state index is 12.6. The van der Waals surface area contributed by atoms with E-state index in [0.29, 0.717) is 25.9 Å². The molecule has 0 saturated carbocycles. The van der Waals surface area contributed by atoms with Crippen LogP contribution in [0, 0.1) is 5.92 Å². The Hall–Kier alpha value is -1.31. The molecule has 0 N–H and O–H groups in total. The summed E-state index contributed by atoms with van der Waals surface area (Å²) in [5.41, 5.74) is 0. The number of hydrogen-bond acceptors (Lipinski definition) is 3. The van der Waals surface area contributed by atoms with Crippen LogP contribution in [0.15, 0.2) is 0 Å². The van der Waals surface area contributed by atoms with Gasteiger partial charge >= 0.3 is 6.18 Å². The van der Waals surface area contributed by atoms with Crippen molar-refractivity contribution in [2.24, 2.45) is 5.92 Å². The first-order chi connectivity index (χ1) is 12.3. The summed E-state index contributed by atoms with van der Waals surface area (Å²) in [6, 6.07) is 0.263. The number of likely N-dealkylation sites (tertiary alicyclic amines) is 3. The predicted octanol–water partition coefficient (Wildman–Crippen LogP) is 2.26. The molecule has 0 aromatic heterocycles. The van der Waals surface area contributed by atoms with Gasteiger partial charge in [-0.3, -0.25) is 14.5 Å². The molecular weight excluding hydrogens is 347 g/mol. The highest BCUT2D eigenvalue weighted by Crippen LogP contribution is 2.27. The number of piperidine rings is 2. The lowest BCUT2D eigenvalue weighted by Crippen LogP contribution is -2.52. The summed E-state index contributed by atoms with van der Waals surface area (Å²) in [4.78, 5) is 30.0. The lowest BCUT2D eigenvalue weighted by Gasteiger charge is -2.42. The minimum Gasteiger partial charge on any atom is -0.342 e. The van der Waals surface area contributed by atoms with Gasteiger partial charge in [-0.25, -0.2) is 0 Å². The largest absolute Gasteiger partial charge is 0.397 e. The number of nitrogens with zero attached hydrogens (tertiary/aromatic N) is 3. The van der Waals surface area contributed by atoms with E-state index >= 15 is 0 Å². The second-order valence-corrected chi connectivity index (χ2v) is 7.77. The lowest BCUT2D eigenvalue weighted by atomic mass is 9.93. The number of carbonyl (C=O) groups is 2. The molecule has 3 aliphatic heterocycles. The molecule has 0 radical (unpaired) electrons. The normalized spacial score (nSPS) is 26.3. The topological polar surface area (TPSA) is 43.9 Å². The quantitative estimate of drug-likeness (QED) is 0.760. The van der Waals surface area contributed by atoms with Crippen LogP contribution in [0.4, 0.5) is 13.2 Å². The summed E-state index contributed by atoms with van der Waals surface area (Å²) in [5, 5.41) is 0. The molecule has 0 aromatic rings. The first-order valence-electron chi connectivity index (χ1n) is 9.71. The predicted molar refractivity (Wildman–Crippen MR) is 90.4 cm³/mol. The summed E-state index contributed by atoms with van der Waals surface area (Å²) in [6.07, 6.45) is -0.342. The van der Waals surface area contributed by atoms with Crippen molar-refractivity contribution in [2.75, 3.05) is 39.3 Å². The molecule has 0 bridgehead atoms. The van der Waals surface area contributed by atoms with Crippen molar-refractivity contribution in [3.05, 3.63) is 0 Å². The molecule has 0 aromatic carbocycles. The molecule has 8 heteroatoms. The second kappa shape index (κ2) is 8.15. The smallest absolute Gasteiger partial charge is 0.342 e. The van der Waals surface area contributed by atoms with E-state index in [1.165, 1.54) is 4.90 Å². The van der Waals surface area contributed by atoms with Gasteiger partial charge in [-0.05, 0) is 45.1 Å². The van der Waals surface area contributed by atoms with Gasteiger partial charge < -0.3 is 9.80 Å². The van der Waals surface area contributed by atoms with E-state index < -0.39 is 18.5 Å². The van der Waals surface area contributed by atoms with Gasteiger partial charge in [0, 0.05) is 38.8 Å². The molecular formula is C18H28F3N3O2. The number of halogens is 3. The maximum Gasteiger partial charge on any atom is 0.397 e. The Morgan fingerprint density at radius 3 is 2.12 bits per heavy atom. The van der Waals surface area contributed by atoms with Crippen molar-refractivity contribution in [2.45, 2.75) is 57.2 Å². The number of amides is 2. The van der Waals surface area contributed by atoms with Crippen LogP contribution in [-0.2, 0) is 9.59 Å². The average Bonchev–Trinajstić information content (AvgIpc) is 3.14. The van der Waals surface area contributed by atoms with Crippen LogP contribution in [0.25, 0.3) is 0 Å². The molecule has 0 aliphatic carbocycles. The van der Waals surface area contributed by atoms with Gasteiger partial charge in [0.25, 0.3) is 0 Å². The summed E-state index contributed by atoms with van der Waals surface area (Å²) in [6.45, 7) is 4.17. The molecule has 1 atom stereocenters. The van der Waals surface area contributed by atoms with E-state index in [2.05, 4.69) is 4.90 Å². The molecule has 3 fully saturated rings. The highest BCUT2D eigenvalue weighted by atomic mass is 19.4. The highest BCUT2D eigenvalue weighted by Gasteiger charge is 2.37. The summed E-state index contributed by atoms with van der Waals surface area (Å²) >= 11 is 0. The molecule has 3 heterocycles. The third kappa shape index (κ3) is 4.90. The van der Waals surface area contributed by atoms with Crippen molar-refractivity contribution in [3.63, 3.8) is 0 Å². The first-order valence-corrected chi connectivity index (χ1v) is 9.71. The van der Waals surface area contributed by atoms with E-state index in [1.54, 1.807) is 0 Å². The van der Waals surface area contributed by atoms with Crippen molar-refractivity contribution < 1.29 is 22.8 Å². The van der Waals surface area contributed by atoms with Crippen LogP contribution in [0.5, 0.6) is 0 Å². The highest BCUT2D eigenvalue weighted by molar-refractivity contribution is 5.79. The summed E-state index contributed by atoms with van der Waals surface area (Å²) in [5.74, 6) is -0.506. The van der Waals surface area contributed by atoms with Crippen molar-refractivity contribution in [1.82, 2.24) is 14.7 Å². The fraction of sp³-hybridized carbons (Fsp3) is 0.889. The number of rotatable bonds is 3. The Labute approximate surface area is 152 Å². The van der Waals surface area contributed by atoms with Crippen molar-refractivity contribution in [3.8, 4) is 0 Å². The Morgan fingerprint density at radius 2 is 1.50 bits per heavy atom. The Kier molecular flexibility index (Phi) is 6.10. The van der Waals surface area contributed by atoms with Gasteiger partial charge in [0.05, 0.1) is 5.92 Å². The van der Waals surface area contributed by atoms with Crippen molar-refractivity contribution >= 4 is 11.8 Å². The van der Waals surface area contributed by atoms with Crippen LogP contribution < -0.4 is 0 Å². The molecule has 3 aliphatic rings. The second-order valence-electron chi connectivity index (χ2n) is 7.77. The first kappa shape index (κ1) is 19.5. The Morgan fingerprint density at radius 1 is 0.846 bits per heavy atom. The molecule has 0 spiro atoms. The van der Waals surface area contributed by atoms with Gasteiger partial charge in [-0.15, -0.1) is 0 Å². The number of carbonyl (C=O) groups excluding carboxylic acids is 2. The Bertz CT molecular complexity index is 512. The van der Waals surface area contributed by atoms with Gasteiger partial charge in [-0.1, -0.05) is 0 Å². The van der Waals surface area contributed by atoms with Gasteiger partial charge in [-0.2, -0.15) is 13.2 Å². The van der Waals surface area contributed by atoms with E-state index in [-0.39, 0.29) is 17.9 Å². The van der Waals surface area contributed by atoms with Crippen LogP contribution in [-0.4, -0.2) is 78.0 Å². The molecule has 148 valence electrons. The average molecular weight is 375 g/mol. The Balaban J connectivity index is 1.48. The third-order valence-corrected chi connectivity index (χ3v) is 5.91. The van der Waals surface area contributed by atoms with Crippen LogP contribution in [0.1, 0.15) is 44.9 Å². The lowest BCUT2D eigenvalue weighted by molar-refractivity contribution is -0.162. The van der Waals surface area contributed by atoms with E-state index in [9.17, 15) is 22.8 Å². The third-order valence-electron chi connectivity index (χ3n) is 5.91. The van der Waals surface area contributed by atoms with Crippen molar-refractivity contribution in [1.29, 1.82) is 0 Å². The van der Waals surface area contributed by atoms with Gasteiger partial charge in [0.2, 0.25) is 11.8 Å². The SMILES string of the molecule is O=C(CC(F)(F)F)N1CCC(N2CCC[C@@H](C(=O)N3CCCC3)C2)CC1. The zero-order chi connectivity index (χ0) is 18.7. The molecule has 0 unspecified atom stereocenters. The van der Waals surface area contributed by atoms with Crippen LogP contribution in [0.3, 0.4) is 0 Å². The molecule has 26 heavy (non-hydrogen) atoms. The monoisotopic (exact) mass is 375 g/mol. The van der Waals surface area contributed by atoms with Crippen LogP contribution in [0.2, 0.25) is 0 Å². The molecule has 2 amide bonds. The summed E-state index contributed by atoms with van der Waals surface area (Å²) in [7, 11) is 0.